The zero-order chi connectivity index (χ0) is 19.8. The van der Waals surface area contributed by atoms with E-state index in [1.165, 1.54) is 0 Å². The monoisotopic (exact) mass is 388 g/mol. The fourth-order valence-corrected chi connectivity index (χ4v) is 3.79. The molecule has 0 radical (unpaired) electrons. The minimum atomic E-state index is 0.00227. The van der Waals surface area contributed by atoms with Crippen LogP contribution in [0.1, 0.15) is 29.0 Å². The molecule has 3 heterocycles. The van der Waals surface area contributed by atoms with E-state index in [0.29, 0.717) is 11.6 Å². The Kier molecular flexibility index (Phi) is 4.50. The average molecular weight is 388 g/mol. The van der Waals surface area contributed by atoms with Crippen molar-refractivity contribution in [3.8, 4) is 0 Å². The van der Waals surface area contributed by atoms with Gasteiger partial charge in [-0.05, 0) is 38.0 Å². The van der Waals surface area contributed by atoms with Crippen LogP contribution < -0.4 is 15.1 Å². The maximum atomic E-state index is 12.8. The number of carbonyl (C=O) groups is 1. The van der Waals surface area contributed by atoms with Crippen LogP contribution in [0.15, 0.2) is 42.6 Å². The number of para-hydroxylation sites is 1. The minimum absolute atomic E-state index is 0.00227. The van der Waals surface area contributed by atoms with Crippen molar-refractivity contribution in [3.05, 3.63) is 54.0 Å². The highest BCUT2D eigenvalue weighted by Gasteiger charge is 2.26. The van der Waals surface area contributed by atoms with Gasteiger partial charge in [0.15, 0.2) is 0 Å². The molecule has 5 rings (SSSR count). The molecular formula is C22H24N6O. The first-order valence-electron chi connectivity index (χ1n) is 10.2. The van der Waals surface area contributed by atoms with Gasteiger partial charge >= 0.3 is 0 Å². The van der Waals surface area contributed by atoms with E-state index in [-0.39, 0.29) is 5.91 Å². The zero-order valence-electron chi connectivity index (χ0n) is 16.5. The highest BCUT2D eigenvalue weighted by Crippen LogP contribution is 2.26. The smallest absolute Gasteiger partial charge is 0.252 e. The molecule has 1 N–H and O–H groups in total. The summed E-state index contributed by atoms with van der Waals surface area (Å²) in [6.45, 7) is 5.28. The molecule has 0 unspecified atom stereocenters. The molecule has 0 atom stereocenters. The molecule has 0 spiro atoms. The molecule has 1 aliphatic carbocycles. The Bertz CT molecular complexity index is 1060. The Labute approximate surface area is 169 Å². The van der Waals surface area contributed by atoms with Crippen molar-refractivity contribution in [2.45, 2.75) is 25.8 Å². The van der Waals surface area contributed by atoms with Gasteiger partial charge in [0.2, 0.25) is 0 Å². The third-order valence-corrected chi connectivity index (χ3v) is 5.55. The lowest BCUT2D eigenvalue weighted by atomic mass is 10.1. The number of amides is 1. The molecule has 1 saturated carbocycles. The lowest BCUT2D eigenvalue weighted by Crippen LogP contribution is -2.47. The summed E-state index contributed by atoms with van der Waals surface area (Å²) in [6, 6.07) is 12.1. The van der Waals surface area contributed by atoms with Crippen LogP contribution in [-0.2, 0) is 0 Å². The zero-order valence-corrected chi connectivity index (χ0v) is 16.5. The Morgan fingerprint density at radius 3 is 2.45 bits per heavy atom. The van der Waals surface area contributed by atoms with Crippen LogP contribution in [0.25, 0.3) is 10.9 Å². The van der Waals surface area contributed by atoms with Crippen LogP contribution in [0.3, 0.4) is 0 Å². The van der Waals surface area contributed by atoms with E-state index in [2.05, 4.69) is 25.1 Å². The number of hydrogen-bond donors (Lipinski definition) is 1. The highest BCUT2D eigenvalue weighted by molar-refractivity contribution is 6.07. The maximum absolute atomic E-state index is 12.8. The first kappa shape index (κ1) is 17.8. The molecule has 3 aromatic rings. The van der Waals surface area contributed by atoms with E-state index < -0.39 is 0 Å². The van der Waals surface area contributed by atoms with Crippen LogP contribution in [0.4, 0.5) is 11.6 Å². The summed E-state index contributed by atoms with van der Waals surface area (Å²) >= 11 is 0. The number of pyridine rings is 1. The average Bonchev–Trinajstić information content (AvgIpc) is 3.57. The molecular weight excluding hydrogens is 364 g/mol. The van der Waals surface area contributed by atoms with Crippen molar-refractivity contribution in [2.24, 2.45) is 0 Å². The lowest BCUT2D eigenvalue weighted by molar-refractivity contribution is 0.0952. The standard InChI is InChI=1S/C22H24N6O/c1-15-23-9-8-20(24-15)27-10-12-28(13-11-27)21-14-18(22(29)25-16-6-7-16)17-4-2-3-5-19(17)26-21/h2-5,8-9,14,16H,6-7,10-13H2,1H3,(H,25,29). The van der Waals surface area contributed by atoms with E-state index in [1.54, 1.807) is 6.20 Å². The van der Waals surface area contributed by atoms with Crippen LogP contribution in [0.5, 0.6) is 0 Å². The maximum Gasteiger partial charge on any atom is 0.252 e. The van der Waals surface area contributed by atoms with Crippen molar-refractivity contribution < 1.29 is 4.79 Å². The Morgan fingerprint density at radius 1 is 1.00 bits per heavy atom. The SMILES string of the molecule is Cc1nccc(N2CCN(c3cc(C(=O)NC4CC4)c4ccccc4n3)CC2)n1. The molecule has 1 amide bonds. The number of benzene rings is 1. The number of aryl methyl sites for hydroxylation is 1. The molecule has 2 fully saturated rings. The summed E-state index contributed by atoms with van der Waals surface area (Å²) in [7, 11) is 0. The number of hydrogen-bond acceptors (Lipinski definition) is 6. The van der Waals surface area contributed by atoms with Gasteiger partial charge in [0.1, 0.15) is 17.5 Å². The Hall–Kier alpha value is -3.22. The normalized spacial score (nSPS) is 16.9. The number of aromatic nitrogens is 3. The van der Waals surface area contributed by atoms with Gasteiger partial charge in [0.25, 0.3) is 5.91 Å². The van der Waals surface area contributed by atoms with Gasteiger partial charge in [-0.3, -0.25) is 4.79 Å². The Balaban J connectivity index is 1.39. The molecule has 1 saturated heterocycles. The third kappa shape index (κ3) is 3.72. The molecule has 2 aromatic heterocycles. The summed E-state index contributed by atoms with van der Waals surface area (Å²) < 4.78 is 0. The second kappa shape index (κ2) is 7.31. The first-order valence-corrected chi connectivity index (χ1v) is 10.2. The number of carbonyl (C=O) groups excluding carboxylic acids is 1. The van der Waals surface area contributed by atoms with Crippen LogP contribution >= 0.6 is 0 Å². The second-order valence-corrected chi connectivity index (χ2v) is 7.73. The summed E-state index contributed by atoms with van der Waals surface area (Å²) in [4.78, 5) is 30.9. The summed E-state index contributed by atoms with van der Waals surface area (Å²) in [5.41, 5.74) is 1.58. The van der Waals surface area contributed by atoms with Crippen molar-refractivity contribution in [2.75, 3.05) is 36.0 Å². The number of fused-ring (bicyclic) bond motifs is 1. The van der Waals surface area contributed by atoms with Crippen molar-refractivity contribution in [3.63, 3.8) is 0 Å². The van der Waals surface area contributed by atoms with Gasteiger partial charge in [0.05, 0.1) is 11.1 Å². The largest absolute Gasteiger partial charge is 0.353 e. The predicted octanol–water partition coefficient (Wildman–Crippen LogP) is 2.55. The van der Waals surface area contributed by atoms with Crippen LogP contribution in [-0.4, -0.2) is 53.1 Å². The summed E-state index contributed by atoms with van der Waals surface area (Å²) in [5, 5.41) is 4.03. The molecule has 0 bridgehead atoms. The van der Waals surface area contributed by atoms with E-state index in [0.717, 1.165) is 67.4 Å². The van der Waals surface area contributed by atoms with E-state index in [4.69, 9.17) is 4.98 Å². The van der Waals surface area contributed by atoms with Crippen molar-refractivity contribution in [1.29, 1.82) is 0 Å². The molecule has 2 aliphatic rings. The second-order valence-electron chi connectivity index (χ2n) is 7.73. The van der Waals surface area contributed by atoms with E-state index in [9.17, 15) is 4.79 Å². The molecule has 1 aromatic carbocycles. The van der Waals surface area contributed by atoms with Crippen LogP contribution in [0.2, 0.25) is 0 Å². The van der Waals surface area contributed by atoms with Gasteiger partial charge in [-0.25, -0.2) is 15.0 Å². The fraction of sp³-hybridized carbons (Fsp3) is 0.364. The third-order valence-electron chi connectivity index (χ3n) is 5.55. The predicted molar refractivity (Wildman–Crippen MR) is 113 cm³/mol. The first-order chi connectivity index (χ1) is 14.2. The van der Waals surface area contributed by atoms with Crippen LogP contribution in [0, 0.1) is 6.92 Å². The lowest BCUT2D eigenvalue weighted by Gasteiger charge is -2.36. The Morgan fingerprint density at radius 2 is 1.72 bits per heavy atom. The van der Waals surface area contributed by atoms with E-state index >= 15 is 0 Å². The number of nitrogens with zero attached hydrogens (tertiary/aromatic N) is 5. The van der Waals surface area contributed by atoms with Gasteiger partial charge in [-0.15, -0.1) is 0 Å². The van der Waals surface area contributed by atoms with Gasteiger partial charge in [-0.2, -0.15) is 0 Å². The van der Waals surface area contributed by atoms with Gasteiger partial charge in [0, 0.05) is 43.8 Å². The number of piperazine rings is 1. The quantitative estimate of drug-likeness (QED) is 0.740. The topological polar surface area (TPSA) is 74.2 Å². The number of nitrogens with one attached hydrogen (secondary N) is 1. The summed E-state index contributed by atoms with van der Waals surface area (Å²) in [6.07, 6.45) is 3.96. The van der Waals surface area contributed by atoms with Crippen molar-refractivity contribution >= 4 is 28.4 Å². The fourth-order valence-electron chi connectivity index (χ4n) is 3.79. The summed E-state index contributed by atoms with van der Waals surface area (Å²) in [5.74, 6) is 2.62. The highest BCUT2D eigenvalue weighted by atomic mass is 16.1. The number of rotatable bonds is 4. The molecule has 29 heavy (non-hydrogen) atoms. The van der Waals surface area contributed by atoms with Gasteiger partial charge < -0.3 is 15.1 Å². The molecule has 148 valence electrons. The molecule has 1 aliphatic heterocycles. The van der Waals surface area contributed by atoms with Gasteiger partial charge in [-0.1, -0.05) is 18.2 Å². The van der Waals surface area contributed by atoms with Crippen molar-refractivity contribution in [1.82, 2.24) is 20.3 Å². The molecule has 7 heteroatoms. The van der Waals surface area contributed by atoms with E-state index in [1.807, 2.05) is 43.3 Å². The molecule has 7 nitrogen and oxygen atoms in total. The number of anilines is 2. The minimum Gasteiger partial charge on any atom is -0.353 e.